The minimum absolute atomic E-state index is 0.171. The van der Waals surface area contributed by atoms with Gasteiger partial charge in [0.25, 0.3) is 0 Å². The van der Waals surface area contributed by atoms with E-state index in [1.165, 1.54) is 4.88 Å². The van der Waals surface area contributed by atoms with Crippen LogP contribution in [0, 0.1) is 6.92 Å². The van der Waals surface area contributed by atoms with E-state index in [1.54, 1.807) is 22.7 Å². The number of nitrogens with zero attached hydrogens (tertiary/aromatic N) is 1. The fraction of sp³-hybridized carbons (Fsp3) is 0.300. The lowest BCUT2D eigenvalue weighted by Gasteiger charge is -2.13. The standard InChI is InChI=1S/C10H11ClN2S2/c1-6-9(15-5-13-6)8(12-2)10-7(11)3-4-14-10/h3-5,8,12H,1-2H3. The molecule has 2 nitrogen and oxygen atoms in total. The maximum absolute atomic E-state index is 6.14. The van der Waals surface area contributed by atoms with Gasteiger partial charge in [-0.25, -0.2) is 4.98 Å². The monoisotopic (exact) mass is 258 g/mol. The molecule has 0 aliphatic heterocycles. The van der Waals surface area contributed by atoms with Crippen molar-refractivity contribution < 1.29 is 0 Å². The molecule has 2 aromatic heterocycles. The summed E-state index contributed by atoms with van der Waals surface area (Å²) in [5, 5.41) is 6.12. The lowest BCUT2D eigenvalue weighted by molar-refractivity contribution is 0.710. The van der Waals surface area contributed by atoms with Crippen molar-refractivity contribution in [2.45, 2.75) is 13.0 Å². The summed E-state index contributed by atoms with van der Waals surface area (Å²) in [6.07, 6.45) is 0. The molecule has 0 fully saturated rings. The van der Waals surface area contributed by atoms with Crippen molar-refractivity contribution in [1.29, 1.82) is 0 Å². The second-order valence-electron chi connectivity index (χ2n) is 3.16. The van der Waals surface area contributed by atoms with Crippen LogP contribution in [0.3, 0.4) is 0 Å². The molecule has 5 heteroatoms. The van der Waals surface area contributed by atoms with Crippen molar-refractivity contribution in [2.75, 3.05) is 7.05 Å². The molecule has 0 saturated heterocycles. The third-order valence-corrected chi connectivity index (χ3v) is 4.66. The van der Waals surface area contributed by atoms with Crippen molar-refractivity contribution in [3.8, 4) is 0 Å². The van der Waals surface area contributed by atoms with Gasteiger partial charge in [-0.3, -0.25) is 0 Å². The molecule has 80 valence electrons. The predicted molar refractivity (Wildman–Crippen MR) is 67.1 cm³/mol. The molecular formula is C10H11ClN2S2. The summed E-state index contributed by atoms with van der Waals surface area (Å²) < 4.78 is 0. The summed E-state index contributed by atoms with van der Waals surface area (Å²) in [6.45, 7) is 2.03. The smallest absolute Gasteiger partial charge is 0.0798 e. The molecule has 0 aromatic carbocycles. The highest BCUT2D eigenvalue weighted by molar-refractivity contribution is 7.12. The number of nitrogens with one attached hydrogen (secondary N) is 1. The Kier molecular flexibility index (Phi) is 3.41. The summed E-state index contributed by atoms with van der Waals surface area (Å²) in [5.41, 5.74) is 2.94. The average Bonchev–Trinajstić information content (AvgIpc) is 2.80. The van der Waals surface area contributed by atoms with E-state index in [2.05, 4.69) is 10.3 Å². The van der Waals surface area contributed by atoms with Crippen molar-refractivity contribution in [1.82, 2.24) is 10.3 Å². The predicted octanol–water partition coefficient (Wildman–Crippen LogP) is 3.48. The number of thiazole rings is 1. The van der Waals surface area contributed by atoms with Gasteiger partial charge in [0.1, 0.15) is 0 Å². The van der Waals surface area contributed by atoms with Crippen LogP contribution >= 0.6 is 34.3 Å². The first-order valence-corrected chi connectivity index (χ1v) is 6.68. The Morgan fingerprint density at radius 1 is 1.40 bits per heavy atom. The Balaban J connectivity index is 2.41. The van der Waals surface area contributed by atoms with Crippen LogP contribution < -0.4 is 5.32 Å². The quantitative estimate of drug-likeness (QED) is 0.912. The van der Waals surface area contributed by atoms with Gasteiger partial charge in [0, 0.05) is 9.75 Å². The van der Waals surface area contributed by atoms with Crippen molar-refractivity contribution >= 4 is 34.3 Å². The summed E-state index contributed by atoms with van der Waals surface area (Å²) in [7, 11) is 1.94. The largest absolute Gasteiger partial charge is 0.308 e. The fourth-order valence-corrected chi connectivity index (χ4v) is 3.76. The molecule has 0 saturated carbocycles. The van der Waals surface area contributed by atoms with Gasteiger partial charge >= 0.3 is 0 Å². The van der Waals surface area contributed by atoms with E-state index in [0.717, 1.165) is 15.6 Å². The van der Waals surface area contributed by atoms with Crippen LogP contribution in [0.2, 0.25) is 5.02 Å². The molecule has 1 atom stereocenters. The van der Waals surface area contributed by atoms with Gasteiger partial charge in [0.15, 0.2) is 0 Å². The van der Waals surface area contributed by atoms with Crippen LogP contribution in [0.25, 0.3) is 0 Å². The lowest BCUT2D eigenvalue weighted by atomic mass is 10.2. The molecule has 1 N–H and O–H groups in total. The fourth-order valence-electron chi connectivity index (χ4n) is 1.48. The number of thiophene rings is 1. The molecule has 15 heavy (non-hydrogen) atoms. The molecule has 0 radical (unpaired) electrons. The lowest BCUT2D eigenvalue weighted by Crippen LogP contribution is -2.16. The second kappa shape index (κ2) is 4.61. The number of aryl methyl sites for hydroxylation is 1. The topological polar surface area (TPSA) is 24.9 Å². The van der Waals surface area contributed by atoms with E-state index in [0.29, 0.717) is 0 Å². The van der Waals surface area contributed by atoms with Crippen LogP contribution in [0.5, 0.6) is 0 Å². The van der Waals surface area contributed by atoms with Gasteiger partial charge in [-0.1, -0.05) is 11.6 Å². The molecule has 0 amide bonds. The molecular weight excluding hydrogens is 248 g/mol. The van der Waals surface area contributed by atoms with Gasteiger partial charge in [-0.05, 0) is 25.4 Å². The summed E-state index contributed by atoms with van der Waals surface area (Å²) >= 11 is 9.47. The molecule has 0 spiro atoms. The van der Waals surface area contributed by atoms with Crippen molar-refractivity contribution in [2.24, 2.45) is 0 Å². The minimum Gasteiger partial charge on any atom is -0.308 e. The SMILES string of the molecule is CNC(c1sccc1Cl)c1scnc1C. The van der Waals surface area contributed by atoms with Crippen molar-refractivity contribution in [3.05, 3.63) is 37.4 Å². The zero-order valence-corrected chi connectivity index (χ0v) is 10.8. The van der Waals surface area contributed by atoms with Gasteiger partial charge < -0.3 is 5.32 Å². The first kappa shape index (κ1) is 11.1. The Labute approximate surface area is 102 Å². The second-order valence-corrected chi connectivity index (χ2v) is 5.40. The highest BCUT2D eigenvalue weighted by Crippen LogP contribution is 2.35. The first-order chi connectivity index (χ1) is 7.24. The third kappa shape index (κ3) is 2.08. The van der Waals surface area contributed by atoms with E-state index in [9.17, 15) is 0 Å². The van der Waals surface area contributed by atoms with Crippen molar-refractivity contribution in [3.63, 3.8) is 0 Å². The first-order valence-electron chi connectivity index (χ1n) is 4.54. The van der Waals surface area contributed by atoms with Crippen LogP contribution in [-0.4, -0.2) is 12.0 Å². The number of hydrogen-bond acceptors (Lipinski definition) is 4. The van der Waals surface area contributed by atoms with E-state index < -0.39 is 0 Å². The average molecular weight is 259 g/mol. The summed E-state index contributed by atoms with van der Waals surface area (Å²) in [5.74, 6) is 0. The molecule has 0 aliphatic rings. The Hall–Kier alpha value is -0.420. The highest BCUT2D eigenvalue weighted by atomic mass is 35.5. The molecule has 2 heterocycles. The zero-order chi connectivity index (χ0) is 10.8. The summed E-state index contributed by atoms with van der Waals surface area (Å²) in [4.78, 5) is 6.66. The summed E-state index contributed by atoms with van der Waals surface area (Å²) in [6, 6.07) is 2.10. The van der Waals surface area contributed by atoms with Crippen LogP contribution in [-0.2, 0) is 0 Å². The molecule has 2 aromatic rings. The van der Waals surface area contributed by atoms with Gasteiger partial charge in [0.2, 0.25) is 0 Å². The third-order valence-electron chi connectivity index (χ3n) is 2.24. The Bertz CT molecular complexity index is 409. The molecule has 2 rings (SSSR count). The van der Waals surface area contributed by atoms with Crippen LogP contribution in [0.4, 0.5) is 0 Å². The molecule has 0 aliphatic carbocycles. The maximum atomic E-state index is 6.14. The normalized spacial score (nSPS) is 13.0. The van der Waals surface area contributed by atoms with E-state index >= 15 is 0 Å². The molecule has 0 bridgehead atoms. The van der Waals surface area contributed by atoms with Gasteiger partial charge in [0.05, 0.1) is 22.3 Å². The Morgan fingerprint density at radius 3 is 2.67 bits per heavy atom. The van der Waals surface area contributed by atoms with Gasteiger partial charge in [-0.15, -0.1) is 22.7 Å². The van der Waals surface area contributed by atoms with Crippen LogP contribution in [0.15, 0.2) is 17.0 Å². The number of rotatable bonds is 3. The number of hydrogen-bond donors (Lipinski definition) is 1. The van der Waals surface area contributed by atoms with Gasteiger partial charge in [-0.2, -0.15) is 0 Å². The van der Waals surface area contributed by atoms with E-state index in [1.807, 2.05) is 30.9 Å². The van der Waals surface area contributed by atoms with E-state index in [4.69, 9.17) is 11.6 Å². The van der Waals surface area contributed by atoms with E-state index in [-0.39, 0.29) is 6.04 Å². The maximum Gasteiger partial charge on any atom is 0.0798 e. The molecule has 1 unspecified atom stereocenters. The number of halogens is 1. The number of aromatic nitrogens is 1. The minimum atomic E-state index is 0.171. The van der Waals surface area contributed by atoms with Crippen LogP contribution in [0.1, 0.15) is 21.5 Å². The highest BCUT2D eigenvalue weighted by Gasteiger charge is 2.19. The zero-order valence-electron chi connectivity index (χ0n) is 8.45. The Morgan fingerprint density at radius 2 is 2.20 bits per heavy atom.